The summed E-state index contributed by atoms with van der Waals surface area (Å²) in [5.41, 5.74) is 4.25. The van der Waals surface area contributed by atoms with Crippen LogP contribution < -0.4 is 10.1 Å². The van der Waals surface area contributed by atoms with Crippen molar-refractivity contribution in [2.45, 2.75) is 27.3 Å². The van der Waals surface area contributed by atoms with Gasteiger partial charge in [-0.25, -0.2) is 0 Å². The number of ether oxygens (including phenoxy) is 1. The van der Waals surface area contributed by atoms with E-state index in [0.717, 1.165) is 5.69 Å². The molecule has 0 aliphatic carbocycles. The molecule has 0 radical (unpaired) electrons. The summed E-state index contributed by atoms with van der Waals surface area (Å²) in [7, 11) is 1.59. The summed E-state index contributed by atoms with van der Waals surface area (Å²) >= 11 is 0. The number of carbonyl (C=O) groups is 1. The van der Waals surface area contributed by atoms with Gasteiger partial charge in [0, 0.05) is 11.9 Å². The Balaban J connectivity index is 2.11. The van der Waals surface area contributed by atoms with Gasteiger partial charge in [-0.1, -0.05) is 12.1 Å². The number of hydrogen-bond acceptors (Lipinski definition) is 2. The van der Waals surface area contributed by atoms with E-state index in [4.69, 9.17) is 4.74 Å². The number of benzene rings is 1. The van der Waals surface area contributed by atoms with E-state index < -0.39 is 0 Å². The van der Waals surface area contributed by atoms with Crippen molar-refractivity contribution in [1.29, 1.82) is 0 Å². The largest absolute Gasteiger partial charge is 0.495 e. The number of carbonyl (C=O) groups excluding carboxylic acids is 1. The molecular formula is C16H20N2O2. The normalized spacial score (nSPS) is 10.4. The molecule has 0 fully saturated rings. The summed E-state index contributed by atoms with van der Waals surface area (Å²) in [5, 5.41) is 2.88. The summed E-state index contributed by atoms with van der Waals surface area (Å²) < 4.78 is 7.19. The Hall–Kier alpha value is -2.23. The minimum atomic E-state index is -0.0624. The van der Waals surface area contributed by atoms with Crippen molar-refractivity contribution >= 4 is 11.6 Å². The monoisotopic (exact) mass is 272 g/mol. The number of rotatable bonds is 4. The third kappa shape index (κ3) is 2.85. The van der Waals surface area contributed by atoms with E-state index in [9.17, 15) is 4.79 Å². The molecule has 2 rings (SSSR count). The number of hydrogen-bond donors (Lipinski definition) is 1. The summed E-state index contributed by atoms with van der Waals surface area (Å²) in [6, 6.07) is 7.39. The third-order valence-corrected chi connectivity index (χ3v) is 3.61. The summed E-state index contributed by atoms with van der Waals surface area (Å²) in [6.07, 6.45) is 2.01. The first-order valence-corrected chi connectivity index (χ1v) is 6.58. The van der Waals surface area contributed by atoms with Gasteiger partial charge < -0.3 is 14.6 Å². The fourth-order valence-electron chi connectivity index (χ4n) is 2.18. The van der Waals surface area contributed by atoms with E-state index in [1.54, 1.807) is 7.11 Å². The van der Waals surface area contributed by atoms with Crippen LogP contribution in [0.25, 0.3) is 0 Å². The minimum absolute atomic E-state index is 0.0624. The fourth-order valence-corrected chi connectivity index (χ4v) is 2.18. The number of anilines is 1. The van der Waals surface area contributed by atoms with Crippen molar-refractivity contribution in [3.8, 4) is 5.75 Å². The zero-order chi connectivity index (χ0) is 14.7. The first kappa shape index (κ1) is 14.2. The van der Waals surface area contributed by atoms with Crippen LogP contribution in [-0.2, 0) is 11.3 Å². The number of amides is 1. The van der Waals surface area contributed by atoms with Crippen molar-refractivity contribution in [1.82, 2.24) is 4.57 Å². The second kappa shape index (κ2) is 5.82. The second-order valence-corrected chi connectivity index (χ2v) is 4.90. The van der Waals surface area contributed by atoms with Crippen molar-refractivity contribution in [3.05, 3.63) is 47.3 Å². The van der Waals surface area contributed by atoms with Gasteiger partial charge in [-0.3, -0.25) is 4.79 Å². The van der Waals surface area contributed by atoms with Gasteiger partial charge in [-0.15, -0.1) is 0 Å². The van der Waals surface area contributed by atoms with Crippen LogP contribution in [0.2, 0.25) is 0 Å². The van der Waals surface area contributed by atoms with Gasteiger partial charge in [-0.05, 0) is 44.0 Å². The van der Waals surface area contributed by atoms with Gasteiger partial charge in [0.05, 0.1) is 12.8 Å². The van der Waals surface area contributed by atoms with Gasteiger partial charge >= 0.3 is 0 Å². The Labute approximate surface area is 119 Å². The number of aryl methyl sites for hydroxylation is 1. The summed E-state index contributed by atoms with van der Waals surface area (Å²) in [5.74, 6) is 0.602. The van der Waals surface area contributed by atoms with E-state index in [0.29, 0.717) is 18.0 Å². The average molecular weight is 272 g/mol. The molecule has 1 amide bonds. The van der Waals surface area contributed by atoms with Gasteiger partial charge in [0.2, 0.25) is 5.91 Å². The van der Waals surface area contributed by atoms with Crippen molar-refractivity contribution in [2.75, 3.05) is 12.4 Å². The number of nitrogens with zero attached hydrogens (tertiary/aromatic N) is 1. The SMILES string of the molecule is COc1ccccc1NC(=O)Cn1cc(C)c(C)c1C. The van der Waals surface area contributed by atoms with E-state index in [1.165, 1.54) is 11.1 Å². The molecule has 2 aromatic rings. The predicted octanol–water partition coefficient (Wildman–Crippen LogP) is 3.06. The van der Waals surface area contributed by atoms with Crippen LogP contribution in [0.15, 0.2) is 30.5 Å². The molecule has 1 N–H and O–H groups in total. The molecule has 0 atom stereocenters. The Bertz CT molecular complexity index is 629. The smallest absolute Gasteiger partial charge is 0.244 e. The molecule has 106 valence electrons. The van der Waals surface area contributed by atoms with E-state index in [2.05, 4.69) is 19.2 Å². The molecule has 0 spiro atoms. The highest BCUT2D eigenvalue weighted by Gasteiger charge is 2.11. The standard InChI is InChI=1S/C16H20N2O2/c1-11-9-18(13(3)12(11)2)10-16(19)17-14-7-5-6-8-15(14)20-4/h5-9H,10H2,1-4H3,(H,17,19). The van der Waals surface area contributed by atoms with Crippen LogP contribution in [0.1, 0.15) is 16.8 Å². The van der Waals surface area contributed by atoms with Crippen LogP contribution in [-0.4, -0.2) is 17.6 Å². The fraction of sp³-hybridized carbons (Fsp3) is 0.312. The molecule has 1 heterocycles. The van der Waals surface area contributed by atoms with Crippen LogP contribution in [0.5, 0.6) is 5.75 Å². The summed E-state index contributed by atoms with van der Waals surface area (Å²) in [4.78, 5) is 12.1. The maximum atomic E-state index is 12.1. The molecule has 0 saturated heterocycles. The quantitative estimate of drug-likeness (QED) is 0.929. The lowest BCUT2D eigenvalue weighted by molar-refractivity contribution is -0.116. The van der Waals surface area contributed by atoms with E-state index in [1.807, 2.05) is 42.0 Å². The Morgan fingerprint density at radius 3 is 2.55 bits per heavy atom. The topological polar surface area (TPSA) is 43.3 Å². The maximum absolute atomic E-state index is 12.1. The molecule has 1 aromatic heterocycles. The van der Waals surface area contributed by atoms with Crippen molar-refractivity contribution in [3.63, 3.8) is 0 Å². The molecule has 4 nitrogen and oxygen atoms in total. The zero-order valence-corrected chi connectivity index (χ0v) is 12.4. The number of para-hydroxylation sites is 2. The predicted molar refractivity (Wildman–Crippen MR) is 80.3 cm³/mol. The number of aromatic nitrogens is 1. The number of methoxy groups -OCH3 is 1. The lowest BCUT2D eigenvalue weighted by Crippen LogP contribution is -2.19. The van der Waals surface area contributed by atoms with Gasteiger partial charge in [0.1, 0.15) is 12.3 Å². The van der Waals surface area contributed by atoms with E-state index >= 15 is 0 Å². The molecular weight excluding hydrogens is 252 g/mol. The Kier molecular flexibility index (Phi) is 4.13. The second-order valence-electron chi connectivity index (χ2n) is 4.90. The molecule has 4 heteroatoms. The minimum Gasteiger partial charge on any atom is -0.495 e. The lowest BCUT2D eigenvalue weighted by Gasteiger charge is -2.11. The lowest BCUT2D eigenvalue weighted by atomic mass is 10.2. The van der Waals surface area contributed by atoms with Gasteiger partial charge in [0.25, 0.3) is 0 Å². The molecule has 0 bridgehead atoms. The highest BCUT2D eigenvalue weighted by molar-refractivity contribution is 5.92. The van der Waals surface area contributed by atoms with Crippen LogP contribution in [0.4, 0.5) is 5.69 Å². The molecule has 0 aliphatic rings. The third-order valence-electron chi connectivity index (χ3n) is 3.61. The maximum Gasteiger partial charge on any atom is 0.244 e. The van der Waals surface area contributed by atoms with Crippen molar-refractivity contribution in [2.24, 2.45) is 0 Å². The van der Waals surface area contributed by atoms with E-state index in [-0.39, 0.29) is 5.91 Å². The average Bonchev–Trinajstić information content (AvgIpc) is 2.67. The molecule has 1 aromatic carbocycles. The first-order chi connectivity index (χ1) is 9.52. The van der Waals surface area contributed by atoms with Gasteiger partial charge in [-0.2, -0.15) is 0 Å². The zero-order valence-electron chi connectivity index (χ0n) is 12.4. The highest BCUT2D eigenvalue weighted by Crippen LogP contribution is 2.23. The van der Waals surface area contributed by atoms with Crippen LogP contribution in [0.3, 0.4) is 0 Å². The Morgan fingerprint density at radius 1 is 1.25 bits per heavy atom. The van der Waals surface area contributed by atoms with Crippen LogP contribution >= 0.6 is 0 Å². The van der Waals surface area contributed by atoms with Crippen LogP contribution in [0, 0.1) is 20.8 Å². The van der Waals surface area contributed by atoms with Crippen molar-refractivity contribution < 1.29 is 9.53 Å². The first-order valence-electron chi connectivity index (χ1n) is 6.58. The molecule has 0 unspecified atom stereocenters. The molecule has 20 heavy (non-hydrogen) atoms. The highest BCUT2D eigenvalue weighted by atomic mass is 16.5. The molecule has 0 aliphatic heterocycles. The Morgan fingerprint density at radius 2 is 1.95 bits per heavy atom. The molecule has 0 saturated carbocycles. The number of nitrogens with one attached hydrogen (secondary N) is 1. The van der Waals surface area contributed by atoms with Gasteiger partial charge in [0.15, 0.2) is 0 Å². The summed E-state index contributed by atoms with van der Waals surface area (Å²) in [6.45, 7) is 6.45.